The van der Waals surface area contributed by atoms with Crippen LogP contribution in [0.15, 0.2) is 23.8 Å². The number of rotatable bonds is 2. The second kappa shape index (κ2) is 5.99. The third-order valence-corrected chi connectivity index (χ3v) is 8.28. The summed E-state index contributed by atoms with van der Waals surface area (Å²) in [5, 5.41) is 20.8. The molecular weight excluding hydrogens is 296 g/mol. The minimum absolute atomic E-state index is 0.0934. The van der Waals surface area contributed by atoms with Gasteiger partial charge in [0.15, 0.2) is 0 Å². The summed E-state index contributed by atoms with van der Waals surface area (Å²) in [7, 11) is 0. The first-order valence-corrected chi connectivity index (χ1v) is 10.2. The van der Waals surface area contributed by atoms with Crippen molar-refractivity contribution in [2.45, 2.75) is 83.8 Å². The van der Waals surface area contributed by atoms with Crippen molar-refractivity contribution in [2.75, 3.05) is 0 Å². The predicted molar refractivity (Wildman–Crippen MR) is 97.5 cm³/mol. The summed E-state index contributed by atoms with van der Waals surface area (Å²) in [5.41, 5.74) is 1.87. The molecule has 0 aromatic carbocycles. The lowest BCUT2D eigenvalue weighted by Gasteiger charge is -2.57. The number of aliphatic hydroxyl groups excluding tert-OH is 2. The van der Waals surface area contributed by atoms with Gasteiger partial charge in [-0.3, -0.25) is 0 Å². The minimum Gasteiger partial charge on any atom is -0.393 e. The number of hydrogen-bond donors (Lipinski definition) is 2. The maximum atomic E-state index is 10.6. The molecule has 0 bridgehead atoms. The Kier molecular flexibility index (Phi) is 4.20. The Balaban J connectivity index is 1.72. The van der Waals surface area contributed by atoms with Gasteiger partial charge in [0.1, 0.15) is 0 Å². The van der Waals surface area contributed by atoms with Crippen molar-refractivity contribution in [1.82, 2.24) is 0 Å². The molecule has 134 valence electrons. The summed E-state index contributed by atoms with van der Waals surface area (Å²) in [6.45, 7) is 4.57. The van der Waals surface area contributed by atoms with Crippen LogP contribution in [0.1, 0.15) is 71.6 Å². The Labute approximate surface area is 147 Å². The van der Waals surface area contributed by atoms with E-state index in [1.54, 1.807) is 0 Å². The molecule has 0 aromatic rings. The van der Waals surface area contributed by atoms with E-state index in [1.165, 1.54) is 31.3 Å². The highest BCUT2D eigenvalue weighted by molar-refractivity contribution is 5.32. The van der Waals surface area contributed by atoms with Gasteiger partial charge in [-0.15, -0.1) is 0 Å². The highest BCUT2D eigenvalue weighted by Gasteiger charge is 2.58. The summed E-state index contributed by atoms with van der Waals surface area (Å²) in [6, 6.07) is 0. The maximum absolute atomic E-state index is 10.6. The summed E-state index contributed by atoms with van der Waals surface area (Å²) >= 11 is 0. The molecule has 7 atom stereocenters. The molecule has 3 saturated carbocycles. The molecule has 0 radical (unpaired) electrons. The van der Waals surface area contributed by atoms with E-state index in [9.17, 15) is 10.2 Å². The molecule has 0 saturated heterocycles. The minimum atomic E-state index is -0.141. The van der Waals surface area contributed by atoms with Crippen molar-refractivity contribution >= 4 is 0 Å². The van der Waals surface area contributed by atoms with Crippen LogP contribution in [-0.4, -0.2) is 22.4 Å². The first-order chi connectivity index (χ1) is 11.5. The summed E-state index contributed by atoms with van der Waals surface area (Å²) in [4.78, 5) is 0. The fraction of sp³-hybridized carbons (Fsp3) is 0.818. The van der Waals surface area contributed by atoms with Crippen molar-refractivity contribution in [3.63, 3.8) is 0 Å². The van der Waals surface area contributed by atoms with E-state index < -0.39 is 0 Å². The second-order valence-electron chi connectivity index (χ2n) is 9.23. The highest BCUT2D eigenvalue weighted by Crippen LogP contribution is 2.65. The van der Waals surface area contributed by atoms with Crippen LogP contribution in [0.4, 0.5) is 0 Å². The molecule has 4 aliphatic carbocycles. The van der Waals surface area contributed by atoms with Crippen LogP contribution in [0.5, 0.6) is 0 Å². The quantitative estimate of drug-likeness (QED) is 0.725. The van der Waals surface area contributed by atoms with Crippen LogP contribution in [0.3, 0.4) is 0 Å². The zero-order chi connectivity index (χ0) is 16.9. The zero-order valence-corrected chi connectivity index (χ0v) is 15.4. The highest BCUT2D eigenvalue weighted by atomic mass is 16.3. The van der Waals surface area contributed by atoms with Gasteiger partial charge in [0.25, 0.3) is 0 Å². The van der Waals surface area contributed by atoms with E-state index in [0.29, 0.717) is 5.92 Å². The Hall–Kier alpha value is -0.600. The van der Waals surface area contributed by atoms with Crippen molar-refractivity contribution < 1.29 is 10.2 Å². The molecule has 0 spiro atoms. The van der Waals surface area contributed by atoms with E-state index in [2.05, 4.69) is 32.1 Å². The van der Waals surface area contributed by atoms with Gasteiger partial charge in [-0.05, 0) is 81.0 Å². The molecule has 3 fully saturated rings. The largest absolute Gasteiger partial charge is 0.393 e. The average Bonchev–Trinajstić information content (AvgIpc) is 2.88. The molecule has 0 amide bonds. The Bertz CT molecular complexity index is 550. The van der Waals surface area contributed by atoms with E-state index >= 15 is 0 Å². The van der Waals surface area contributed by atoms with Crippen molar-refractivity contribution in [3.05, 3.63) is 23.8 Å². The molecule has 0 heterocycles. The average molecular weight is 331 g/mol. The van der Waals surface area contributed by atoms with Gasteiger partial charge < -0.3 is 10.2 Å². The third kappa shape index (κ3) is 2.29. The number of fused-ring (bicyclic) bond motifs is 5. The fourth-order valence-corrected chi connectivity index (χ4v) is 6.96. The standard InChI is InChI=1S/C22H34O2/c1-3-4-11-22-13-9-16(23)14-15(22)5-6-17-18-7-8-20(24)21(18,2)12-10-19(17)22/h4-5,11,16-20,23-24H,3,6-10,12-14H2,1-2H3/b11-4+/t16-,17?,18?,19?,20-,21-,22-/m0/s1. The lowest BCUT2D eigenvalue weighted by atomic mass is 9.47. The second-order valence-corrected chi connectivity index (χ2v) is 9.23. The van der Waals surface area contributed by atoms with Gasteiger partial charge in [0.2, 0.25) is 0 Å². The molecule has 4 aliphatic rings. The van der Waals surface area contributed by atoms with Gasteiger partial charge in [0.05, 0.1) is 12.2 Å². The van der Waals surface area contributed by atoms with E-state index in [0.717, 1.165) is 43.9 Å². The normalized spacial score (nSPS) is 51.0. The van der Waals surface area contributed by atoms with Gasteiger partial charge in [0, 0.05) is 5.41 Å². The molecule has 0 aromatic heterocycles. The monoisotopic (exact) mass is 330 g/mol. The molecule has 0 aliphatic heterocycles. The lowest BCUT2D eigenvalue weighted by Crippen LogP contribution is -2.51. The molecular formula is C22H34O2. The Morgan fingerprint density at radius 1 is 1.12 bits per heavy atom. The smallest absolute Gasteiger partial charge is 0.0596 e. The van der Waals surface area contributed by atoms with E-state index in [1.807, 2.05) is 0 Å². The van der Waals surface area contributed by atoms with Gasteiger partial charge in [-0.25, -0.2) is 0 Å². The molecule has 2 N–H and O–H groups in total. The van der Waals surface area contributed by atoms with E-state index in [-0.39, 0.29) is 23.0 Å². The van der Waals surface area contributed by atoms with Crippen molar-refractivity contribution in [1.29, 1.82) is 0 Å². The van der Waals surface area contributed by atoms with E-state index in [4.69, 9.17) is 0 Å². The predicted octanol–water partition coefficient (Wildman–Crippen LogP) is 4.62. The van der Waals surface area contributed by atoms with Gasteiger partial charge in [-0.1, -0.05) is 37.6 Å². The number of aliphatic hydroxyl groups is 2. The number of allylic oxidation sites excluding steroid dienone is 3. The fourth-order valence-electron chi connectivity index (χ4n) is 6.96. The van der Waals surface area contributed by atoms with Crippen LogP contribution in [0.25, 0.3) is 0 Å². The SMILES string of the molecule is CC/C=C/[C@]12CC[C@H](O)CC1=CCC1C2CC[C@@]2(C)C1CC[C@@H]2O. The summed E-state index contributed by atoms with van der Waals surface area (Å²) < 4.78 is 0. The van der Waals surface area contributed by atoms with Crippen LogP contribution in [0, 0.1) is 28.6 Å². The first-order valence-electron chi connectivity index (χ1n) is 10.2. The van der Waals surface area contributed by atoms with Gasteiger partial charge in [-0.2, -0.15) is 0 Å². The maximum Gasteiger partial charge on any atom is 0.0596 e. The summed E-state index contributed by atoms with van der Waals surface area (Å²) in [5.74, 6) is 2.13. The van der Waals surface area contributed by atoms with Crippen LogP contribution in [-0.2, 0) is 0 Å². The van der Waals surface area contributed by atoms with Crippen LogP contribution < -0.4 is 0 Å². The molecule has 4 rings (SSSR count). The number of hydrogen-bond acceptors (Lipinski definition) is 2. The summed E-state index contributed by atoms with van der Waals surface area (Å²) in [6.07, 6.45) is 17.0. The molecule has 2 heteroatoms. The zero-order valence-electron chi connectivity index (χ0n) is 15.4. The molecule has 3 unspecified atom stereocenters. The van der Waals surface area contributed by atoms with Crippen LogP contribution >= 0.6 is 0 Å². The van der Waals surface area contributed by atoms with Gasteiger partial charge >= 0.3 is 0 Å². The van der Waals surface area contributed by atoms with Crippen LogP contribution in [0.2, 0.25) is 0 Å². The van der Waals surface area contributed by atoms with Crippen molar-refractivity contribution in [3.8, 4) is 0 Å². The lowest BCUT2D eigenvalue weighted by molar-refractivity contribution is -0.0643. The Morgan fingerprint density at radius 3 is 2.75 bits per heavy atom. The third-order valence-electron chi connectivity index (χ3n) is 8.28. The topological polar surface area (TPSA) is 40.5 Å². The van der Waals surface area contributed by atoms with Crippen molar-refractivity contribution in [2.24, 2.45) is 28.6 Å². The molecule has 2 nitrogen and oxygen atoms in total. The first kappa shape index (κ1) is 16.8. The molecule has 24 heavy (non-hydrogen) atoms. The Morgan fingerprint density at radius 2 is 1.96 bits per heavy atom.